The highest BCUT2D eigenvalue weighted by Crippen LogP contribution is 2.20. The molecule has 3 nitrogen and oxygen atoms in total. The van der Waals surface area contributed by atoms with E-state index in [4.69, 9.17) is 9.68 Å². The molecular formula is C13H10F2N2O. The maximum atomic E-state index is 13.5. The van der Waals surface area contributed by atoms with Crippen LogP contribution >= 0.6 is 0 Å². The Balaban J connectivity index is 2.03. The maximum Gasteiger partial charge on any atom is 0.150 e. The van der Waals surface area contributed by atoms with Crippen molar-refractivity contribution >= 4 is 5.69 Å². The Morgan fingerprint density at radius 1 is 1.28 bits per heavy atom. The number of hydrogen-bond acceptors (Lipinski definition) is 3. The Hall–Kier alpha value is -2.35. The van der Waals surface area contributed by atoms with Gasteiger partial charge in [0.1, 0.15) is 11.4 Å². The summed E-state index contributed by atoms with van der Waals surface area (Å²) in [5, 5.41) is 11.2. The molecule has 1 heterocycles. The first-order chi connectivity index (χ1) is 8.70. The number of nitrogens with zero attached hydrogens (tertiary/aromatic N) is 1. The van der Waals surface area contributed by atoms with Crippen molar-refractivity contribution in [3.8, 4) is 6.07 Å². The molecule has 0 unspecified atom stereocenters. The Kier molecular flexibility index (Phi) is 3.58. The van der Waals surface area contributed by atoms with E-state index in [0.29, 0.717) is 13.0 Å². The zero-order valence-corrected chi connectivity index (χ0v) is 9.41. The van der Waals surface area contributed by atoms with E-state index in [1.807, 2.05) is 0 Å². The first-order valence-corrected chi connectivity index (χ1v) is 5.36. The topological polar surface area (TPSA) is 49.0 Å². The number of nitrogens with one attached hydrogen (secondary N) is 1. The summed E-state index contributed by atoms with van der Waals surface area (Å²) in [6, 6.07) is 7.22. The monoisotopic (exact) mass is 248 g/mol. The van der Waals surface area contributed by atoms with E-state index >= 15 is 0 Å². The Labute approximate surface area is 103 Å². The minimum atomic E-state index is -0.772. The summed E-state index contributed by atoms with van der Waals surface area (Å²) in [6.07, 6.45) is 2.06. The summed E-state index contributed by atoms with van der Waals surface area (Å²) < 4.78 is 32.1. The number of nitriles is 1. The quantitative estimate of drug-likeness (QED) is 0.904. The van der Waals surface area contributed by atoms with Gasteiger partial charge in [-0.25, -0.2) is 8.78 Å². The fraction of sp³-hybridized carbons (Fsp3) is 0.154. The molecule has 1 N–H and O–H groups in total. The molecule has 0 saturated carbocycles. The number of furan rings is 1. The van der Waals surface area contributed by atoms with Crippen LogP contribution in [0.1, 0.15) is 11.3 Å². The second-order valence-corrected chi connectivity index (χ2v) is 3.68. The van der Waals surface area contributed by atoms with Crippen molar-refractivity contribution in [1.29, 1.82) is 5.26 Å². The summed E-state index contributed by atoms with van der Waals surface area (Å²) in [7, 11) is 0. The molecule has 0 atom stereocenters. The Bertz CT molecular complexity index is 550. The van der Waals surface area contributed by atoms with Crippen LogP contribution in [0.5, 0.6) is 0 Å². The number of halogens is 2. The van der Waals surface area contributed by atoms with Gasteiger partial charge < -0.3 is 9.73 Å². The maximum absolute atomic E-state index is 13.5. The second kappa shape index (κ2) is 5.32. The number of benzene rings is 1. The van der Waals surface area contributed by atoms with Gasteiger partial charge >= 0.3 is 0 Å². The van der Waals surface area contributed by atoms with Crippen LogP contribution in [0.15, 0.2) is 34.9 Å². The lowest BCUT2D eigenvalue weighted by Crippen LogP contribution is -2.08. The third-order valence-corrected chi connectivity index (χ3v) is 2.42. The first-order valence-electron chi connectivity index (χ1n) is 5.36. The van der Waals surface area contributed by atoms with E-state index in [1.165, 1.54) is 6.26 Å². The van der Waals surface area contributed by atoms with Crippen molar-refractivity contribution in [1.82, 2.24) is 0 Å². The van der Waals surface area contributed by atoms with Gasteiger partial charge in [0.05, 0.1) is 17.9 Å². The molecule has 0 fully saturated rings. The van der Waals surface area contributed by atoms with Gasteiger partial charge in [-0.1, -0.05) is 0 Å². The molecule has 0 amide bonds. The molecule has 5 heteroatoms. The standard InChI is InChI=1S/C13H10F2N2O/c14-11-6-9(8-16)7-12(15)13(11)17-4-3-10-2-1-5-18-10/h1-2,5-7,17H,3-4H2. The average Bonchev–Trinajstić information content (AvgIpc) is 2.85. The second-order valence-electron chi connectivity index (χ2n) is 3.68. The molecule has 0 saturated heterocycles. The van der Waals surface area contributed by atoms with Crippen LogP contribution in [0.3, 0.4) is 0 Å². The molecule has 0 spiro atoms. The fourth-order valence-electron chi connectivity index (χ4n) is 1.57. The molecule has 92 valence electrons. The van der Waals surface area contributed by atoms with Crippen LogP contribution in [0, 0.1) is 23.0 Å². The molecule has 2 aromatic rings. The van der Waals surface area contributed by atoms with Crippen molar-refractivity contribution in [2.75, 3.05) is 11.9 Å². The van der Waals surface area contributed by atoms with Gasteiger partial charge in [0.2, 0.25) is 0 Å². The SMILES string of the molecule is N#Cc1cc(F)c(NCCc2ccco2)c(F)c1. The summed E-state index contributed by atoms with van der Waals surface area (Å²) in [4.78, 5) is 0. The highest BCUT2D eigenvalue weighted by atomic mass is 19.1. The molecule has 18 heavy (non-hydrogen) atoms. The molecule has 0 aliphatic carbocycles. The first kappa shape index (κ1) is 12.1. The van der Waals surface area contributed by atoms with Crippen molar-refractivity contribution < 1.29 is 13.2 Å². The smallest absolute Gasteiger partial charge is 0.150 e. The minimum absolute atomic E-state index is 0.0402. The summed E-state index contributed by atoms with van der Waals surface area (Å²) in [6.45, 7) is 0.341. The van der Waals surface area contributed by atoms with E-state index in [-0.39, 0.29) is 11.3 Å². The van der Waals surface area contributed by atoms with Crippen molar-refractivity contribution in [3.63, 3.8) is 0 Å². The number of anilines is 1. The van der Waals surface area contributed by atoms with E-state index in [0.717, 1.165) is 17.9 Å². The lowest BCUT2D eigenvalue weighted by atomic mass is 10.2. The Morgan fingerprint density at radius 2 is 2.00 bits per heavy atom. The van der Waals surface area contributed by atoms with Gasteiger partial charge in [0.15, 0.2) is 11.6 Å². The summed E-state index contributed by atoms with van der Waals surface area (Å²) in [5.74, 6) is -0.811. The molecule has 0 aliphatic rings. The van der Waals surface area contributed by atoms with Crippen LogP contribution in [0.4, 0.5) is 14.5 Å². The number of hydrogen-bond donors (Lipinski definition) is 1. The van der Waals surface area contributed by atoms with E-state index in [9.17, 15) is 8.78 Å². The van der Waals surface area contributed by atoms with Gasteiger partial charge in [-0.05, 0) is 24.3 Å². The fourth-order valence-corrected chi connectivity index (χ4v) is 1.57. The van der Waals surface area contributed by atoms with Crippen LogP contribution < -0.4 is 5.32 Å². The third kappa shape index (κ3) is 2.66. The zero-order valence-electron chi connectivity index (χ0n) is 9.41. The van der Waals surface area contributed by atoms with Gasteiger partial charge in [-0.2, -0.15) is 5.26 Å². The van der Waals surface area contributed by atoms with Crippen LogP contribution in [-0.2, 0) is 6.42 Å². The lowest BCUT2D eigenvalue weighted by molar-refractivity contribution is 0.512. The van der Waals surface area contributed by atoms with Crippen LogP contribution in [-0.4, -0.2) is 6.54 Å². The third-order valence-electron chi connectivity index (χ3n) is 2.42. The summed E-state index contributed by atoms with van der Waals surface area (Å²) in [5.41, 5.74) is -0.262. The lowest BCUT2D eigenvalue weighted by Gasteiger charge is -2.08. The molecular weight excluding hydrogens is 238 g/mol. The predicted molar refractivity (Wildman–Crippen MR) is 62.0 cm³/mol. The molecule has 0 aliphatic heterocycles. The van der Waals surface area contributed by atoms with E-state index in [1.54, 1.807) is 18.2 Å². The highest BCUT2D eigenvalue weighted by Gasteiger charge is 2.10. The molecule has 0 bridgehead atoms. The predicted octanol–water partition coefficient (Wildman–Crippen LogP) is 3.08. The van der Waals surface area contributed by atoms with Gasteiger partial charge in [0, 0.05) is 13.0 Å². The van der Waals surface area contributed by atoms with Crippen molar-refractivity contribution in [3.05, 3.63) is 53.5 Å². The van der Waals surface area contributed by atoms with Gasteiger partial charge in [0.25, 0.3) is 0 Å². The van der Waals surface area contributed by atoms with Crippen molar-refractivity contribution in [2.24, 2.45) is 0 Å². The summed E-state index contributed by atoms with van der Waals surface area (Å²) >= 11 is 0. The minimum Gasteiger partial charge on any atom is -0.469 e. The highest BCUT2D eigenvalue weighted by molar-refractivity contribution is 5.50. The van der Waals surface area contributed by atoms with E-state index < -0.39 is 11.6 Å². The van der Waals surface area contributed by atoms with Crippen LogP contribution in [0.25, 0.3) is 0 Å². The Morgan fingerprint density at radius 3 is 2.56 bits per heavy atom. The van der Waals surface area contributed by atoms with Crippen molar-refractivity contribution in [2.45, 2.75) is 6.42 Å². The molecule has 1 aromatic carbocycles. The molecule has 0 radical (unpaired) electrons. The van der Waals surface area contributed by atoms with Gasteiger partial charge in [-0.3, -0.25) is 0 Å². The van der Waals surface area contributed by atoms with Gasteiger partial charge in [-0.15, -0.1) is 0 Å². The molecule has 1 aromatic heterocycles. The van der Waals surface area contributed by atoms with Crippen LogP contribution in [0.2, 0.25) is 0 Å². The number of rotatable bonds is 4. The largest absolute Gasteiger partial charge is 0.469 e. The van der Waals surface area contributed by atoms with E-state index in [2.05, 4.69) is 5.32 Å². The normalized spacial score (nSPS) is 10.1. The zero-order chi connectivity index (χ0) is 13.0. The average molecular weight is 248 g/mol. The molecule has 2 rings (SSSR count).